The van der Waals surface area contributed by atoms with Gasteiger partial charge in [-0.05, 0) is 36.0 Å². The third-order valence-electron chi connectivity index (χ3n) is 3.65. The highest BCUT2D eigenvalue weighted by atomic mass is 32.2. The van der Waals surface area contributed by atoms with Crippen molar-refractivity contribution in [3.8, 4) is 5.75 Å². The van der Waals surface area contributed by atoms with Crippen molar-refractivity contribution in [2.24, 2.45) is 4.99 Å². The summed E-state index contributed by atoms with van der Waals surface area (Å²) in [6, 6.07) is 15.5. The van der Waals surface area contributed by atoms with Gasteiger partial charge in [0.05, 0.1) is 12.0 Å². The van der Waals surface area contributed by atoms with Crippen LogP contribution in [0.2, 0.25) is 0 Å². The largest absolute Gasteiger partial charge is 0.481 e. The standard InChI is InChI=1S/C20H16N2O5S/c1-26-17(23)12-27-15-10-6-5-9-14(15)11-16-19(25)22-20(28-16)21-18(24)13-7-3-2-4-8-13/h2-11H,12H2,1H3,(H,21,22,24,25)/b16-11-. The second kappa shape index (κ2) is 9.01. The monoisotopic (exact) mass is 396 g/mol. The van der Waals surface area contributed by atoms with Gasteiger partial charge in [0.2, 0.25) is 0 Å². The molecule has 0 unspecified atom stereocenters. The first kappa shape index (κ1) is 19.4. The maximum atomic E-state index is 12.2. The number of para-hydroxylation sites is 1. The Balaban J connectivity index is 1.77. The molecule has 1 heterocycles. The van der Waals surface area contributed by atoms with Gasteiger partial charge in [-0.25, -0.2) is 4.79 Å². The van der Waals surface area contributed by atoms with Crippen LogP contribution in [-0.4, -0.2) is 36.7 Å². The summed E-state index contributed by atoms with van der Waals surface area (Å²) in [4.78, 5) is 40.0. The smallest absolute Gasteiger partial charge is 0.343 e. The minimum atomic E-state index is -0.510. The number of esters is 1. The molecule has 28 heavy (non-hydrogen) atoms. The molecule has 1 fully saturated rings. The number of thioether (sulfide) groups is 1. The second-order valence-corrected chi connectivity index (χ2v) is 6.59. The quantitative estimate of drug-likeness (QED) is 0.617. The van der Waals surface area contributed by atoms with Gasteiger partial charge in [-0.3, -0.25) is 9.59 Å². The molecule has 0 atom stereocenters. The molecule has 2 aromatic carbocycles. The SMILES string of the molecule is COC(=O)COc1ccccc1/C=C1\SC(=NC(=O)c2ccccc2)NC1=O. The molecule has 2 aromatic rings. The van der Waals surface area contributed by atoms with E-state index in [-0.39, 0.29) is 17.7 Å². The summed E-state index contributed by atoms with van der Waals surface area (Å²) in [6.45, 7) is -0.242. The van der Waals surface area contributed by atoms with Crippen molar-refractivity contribution < 1.29 is 23.9 Å². The molecule has 7 nitrogen and oxygen atoms in total. The molecule has 142 valence electrons. The van der Waals surface area contributed by atoms with Gasteiger partial charge < -0.3 is 14.8 Å². The van der Waals surface area contributed by atoms with E-state index in [1.165, 1.54) is 7.11 Å². The fourth-order valence-corrected chi connectivity index (χ4v) is 3.10. The van der Waals surface area contributed by atoms with Gasteiger partial charge in [-0.15, -0.1) is 0 Å². The van der Waals surface area contributed by atoms with E-state index in [4.69, 9.17) is 4.74 Å². The van der Waals surface area contributed by atoms with Crippen LogP contribution in [0.3, 0.4) is 0 Å². The van der Waals surface area contributed by atoms with E-state index in [0.717, 1.165) is 11.8 Å². The Hall–Kier alpha value is -3.39. The van der Waals surface area contributed by atoms with Crippen LogP contribution in [0, 0.1) is 0 Å². The zero-order valence-corrected chi connectivity index (χ0v) is 15.7. The summed E-state index contributed by atoms with van der Waals surface area (Å²) in [5.41, 5.74) is 1.04. The number of rotatable bonds is 5. The van der Waals surface area contributed by atoms with Crippen LogP contribution in [0.4, 0.5) is 0 Å². The van der Waals surface area contributed by atoms with Crippen molar-refractivity contribution in [1.82, 2.24) is 5.32 Å². The third-order valence-corrected chi connectivity index (χ3v) is 4.56. The maximum absolute atomic E-state index is 12.2. The average Bonchev–Trinajstić information content (AvgIpc) is 3.06. The molecular weight excluding hydrogens is 380 g/mol. The van der Waals surface area contributed by atoms with Gasteiger partial charge in [0.1, 0.15) is 5.75 Å². The van der Waals surface area contributed by atoms with Crippen molar-refractivity contribution in [2.45, 2.75) is 0 Å². The molecule has 0 aromatic heterocycles. The molecule has 0 spiro atoms. The number of hydrogen-bond donors (Lipinski definition) is 1. The zero-order valence-electron chi connectivity index (χ0n) is 14.9. The number of benzene rings is 2. The molecule has 1 saturated heterocycles. The fourth-order valence-electron chi connectivity index (χ4n) is 2.29. The molecule has 1 aliphatic heterocycles. The Bertz CT molecular complexity index is 970. The number of methoxy groups -OCH3 is 1. The Morgan fingerprint density at radius 2 is 1.82 bits per heavy atom. The number of amides is 2. The molecule has 0 saturated carbocycles. The van der Waals surface area contributed by atoms with E-state index in [0.29, 0.717) is 21.8 Å². The molecule has 3 rings (SSSR count). The molecule has 1 N–H and O–H groups in total. The van der Waals surface area contributed by atoms with Crippen LogP contribution in [0.5, 0.6) is 5.75 Å². The molecule has 0 radical (unpaired) electrons. The highest BCUT2D eigenvalue weighted by Crippen LogP contribution is 2.29. The molecular formula is C20H16N2O5S. The summed E-state index contributed by atoms with van der Waals surface area (Å²) in [5, 5.41) is 2.78. The van der Waals surface area contributed by atoms with Crippen molar-refractivity contribution in [2.75, 3.05) is 13.7 Å². The highest BCUT2D eigenvalue weighted by Gasteiger charge is 2.25. The van der Waals surface area contributed by atoms with Gasteiger partial charge in [0.15, 0.2) is 11.8 Å². The number of carbonyl (C=O) groups excluding carboxylic acids is 3. The molecule has 1 aliphatic rings. The Kier molecular flexibility index (Phi) is 6.23. The number of nitrogens with one attached hydrogen (secondary N) is 1. The van der Waals surface area contributed by atoms with Crippen molar-refractivity contribution in [3.63, 3.8) is 0 Å². The summed E-state index contributed by atoms with van der Waals surface area (Å²) in [5.74, 6) is -0.886. The van der Waals surface area contributed by atoms with E-state index < -0.39 is 11.9 Å². The van der Waals surface area contributed by atoms with E-state index in [1.807, 2.05) is 0 Å². The Morgan fingerprint density at radius 3 is 2.57 bits per heavy atom. The number of amidine groups is 1. The maximum Gasteiger partial charge on any atom is 0.343 e. The highest BCUT2D eigenvalue weighted by molar-refractivity contribution is 8.18. The zero-order chi connectivity index (χ0) is 19.9. The van der Waals surface area contributed by atoms with Crippen molar-refractivity contribution in [1.29, 1.82) is 0 Å². The summed E-state index contributed by atoms with van der Waals surface area (Å²) >= 11 is 1.06. The van der Waals surface area contributed by atoms with E-state index >= 15 is 0 Å². The van der Waals surface area contributed by atoms with Crippen LogP contribution in [0.15, 0.2) is 64.5 Å². The first-order valence-electron chi connectivity index (χ1n) is 8.24. The average molecular weight is 396 g/mol. The van der Waals surface area contributed by atoms with Gasteiger partial charge >= 0.3 is 5.97 Å². The van der Waals surface area contributed by atoms with Crippen LogP contribution in [0.1, 0.15) is 15.9 Å². The van der Waals surface area contributed by atoms with Crippen molar-refractivity contribution in [3.05, 3.63) is 70.6 Å². The lowest BCUT2D eigenvalue weighted by atomic mass is 10.2. The normalized spacial score (nSPS) is 16.1. The first-order valence-corrected chi connectivity index (χ1v) is 9.06. The summed E-state index contributed by atoms with van der Waals surface area (Å²) in [7, 11) is 1.27. The van der Waals surface area contributed by atoms with Crippen LogP contribution in [0.25, 0.3) is 6.08 Å². The lowest BCUT2D eigenvalue weighted by molar-refractivity contribution is -0.142. The Labute approximate surface area is 165 Å². The lowest BCUT2D eigenvalue weighted by Crippen LogP contribution is -2.20. The van der Waals surface area contributed by atoms with E-state index in [9.17, 15) is 14.4 Å². The molecule has 0 bridgehead atoms. The number of carbonyl (C=O) groups is 3. The molecule has 0 aliphatic carbocycles. The number of ether oxygens (including phenoxy) is 2. The van der Waals surface area contributed by atoms with Gasteiger partial charge in [-0.1, -0.05) is 36.4 Å². The van der Waals surface area contributed by atoms with Crippen LogP contribution >= 0.6 is 11.8 Å². The second-order valence-electron chi connectivity index (χ2n) is 5.56. The number of aliphatic imine (C=N–C) groups is 1. The van der Waals surface area contributed by atoms with Gasteiger partial charge in [0, 0.05) is 11.1 Å². The number of nitrogens with zero attached hydrogens (tertiary/aromatic N) is 1. The van der Waals surface area contributed by atoms with Crippen LogP contribution < -0.4 is 10.1 Å². The molecule has 8 heteroatoms. The van der Waals surface area contributed by atoms with Gasteiger partial charge in [0.25, 0.3) is 11.8 Å². The molecule has 2 amide bonds. The van der Waals surface area contributed by atoms with Crippen molar-refractivity contribution >= 4 is 40.8 Å². The van der Waals surface area contributed by atoms with E-state index in [1.54, 1.807) is 60.7 Å². The van der Waals surface area contributed by atoms with E-state index in [2.05, 4.69) is 15.0 Å². The minimum absolute atomic E-state index is 0.207. The summed E-state index contributed by atoms with van der Waals surface area (Å²) < 4.78 is 9.99. The topological polar surface area (TPSA) is 94.1 Å². The predicted molar refractivity (Wildman–Crippen MR) is 106 cm³/mol. The number of hydrogen-bond acceptors (Lipinski definition) is 6. The van der Waals surface area contributed by atoms with Gasteiger partial charge in [-0.2, -0.15) is 4.99 Å². The first-order chi connectivity index (χ1) is 13.6. The Morgan fingerprint density at radius 1 is 1.11 bits per heavy atom. The lowest BCUT2D eigenvalue weighted by Gasteiger charge is -2.08. The minimum Gasteiger partial charge on any atom is -0.481 e. The predicted octanol–water partition coefficient (Wildman–Crippen LogP) is 2.64. The summed E-state index contributed by atoms with van der Waals surface area (Å²) in [6.07, 6.45) is 1.61. The third kappa shape index (κ3) is 4.86. The fraction of sp³-hybridized carbons (Fsp3) is 0.100. The van der Waals surface area contributed by atoms with Crippen LogP contribution in [-0.2, 0) is 14.3 Å².